The minimum absolute atomic E-state index is 0.0526. The molecule has 11 heteroatoms. The van der Waals surface area contributed by atoms with Gasteiger partial charge in [-0.15, -0.1) is 0 Å². The molecule has 0 aliphatic carbocycles. The quantitative estimate of drug-likeness (QED) is 0.174. The van der Waals surface area contributed by atoms with Crippen molar-refractivity contribution in [1.82, 2.24) is 5.32 Å². The molecule has 0 saturated carbocycles. The topological polar surface area (TPSA) is 64.6 Å². The van der Waals surface area contributed by atoms with Gasteiger partial charge in [0, 0.05) is 0 Å². The van der Waals surface area contributed by atoms with E-state index in [9.17, 15) is 9.59 Å². The number of esters is 1. The number of thioether (sulfide) groups is 1. The Kier molecular flexibility index (Phi) is 10.2. The second kappa shape index (κ2) is 12.1. The number of benzene rings is 2. The van der Waals surface area contributed by atoms with Gasteiger partial charge in [-0.2, -0.15) is 11.8 Å². The first kappa shape index (κ1) is 25.2. The number of amides is 1. The third-order valence-electron chi connectivity index (χ3n) is 3.77. The van der Waals surface area contributed by atoms with Crippen LogP contribution in [0.3, 0.4) is 0 Å². The summed E-state index contributed by atoms with van der Waals surface area (Å²) in [5, 5.41) is 1.89. The fraction of sp³-hybridized carbons (Fsp3) is 0.263. The molecule has 30 heavy (non-hydrogen) atoms. The van der Waals surface area contributed by atoms with Crippen LogP contribution < -0.4 is 10.1 Å². The summed E-state index contributed by atoms with van der Waals surface area (Å²) < 4.78 is 10.5. The van der Waals surface area contributed by atoms with Crippen LogP contribution in [0.15, 0.2) is 30.3 Å². The molecule has 0 heterocycles. The van der Waals surface area contributed by atoms with Gasteiger partial charge in [-0.05, 0) is 24.0 Å². The van der Waals surface area contributed by atoms with Gasteiger partial charge in [0.2, 0.25) is 0 Å². The van der Waals surface area contributed by atoms with E-state index in [4.69, 9.17) is 67.5 Å². The minimum Gasteiger partial charge on any atom is -0.445 e. The first-order chi connectivity index (χ1) is 14.3. The van der Waals surface area contributed by atoms with Gasteiger partial charge in [0.1, 0.15) is 22.7 Å². The predicted octanol–water partition coefficient (Wildman–Crippen LogP) is 6.91. The van der Waals surface area contributed by atoms with Crippen molar-refractivity contribution < 1.29 is 19.1 Å². The number of carbonyl (C=O) groups excluding carboxylic acids is 2. The Morgan fingerprint density at radius 1 is 0.967 bits per heavy atom. The molecule has 0 aliphatic rings. The zero-order valence-corrected chi connectivity index (χ0v) is 20.1. The molecule has 0 aliphatic heterocycles. The number of alkyl carbamates (subject to hydrolysis) is 1. The van der Waals surface area contributed by atoms with Crippen molar-refractivity contribution in [3.63, 3.8) is 0 Å². The summed E-state index contributed by atoms with van der Waals surface area (Å²) in [4.78, 5) is 24.9. The molecule has 2 aromatic rings. The largest absolute Gasteiger partial charge is 0.445 e. The molecular formula is C19H16Cl5NO4S. The lowest BCUT2D eigenvalue weighted by atomic mass is 10.2. The SMILES string of the molecule is CSCCC(NC(=O)OCc1ccccc1)C(=O)Oc1c(Cl)c(Cl)c(Cl)c(Cl)c1Cl. The smallest absolute Gasteiger partial charge is 0.408 e. The molecule has 0 aromatic heterocycles. The highest BCUT2D eigenvalue weighted by Crippen LogP contribution is 2.48. The van der Waals surface area contributed by atoms with Crippen LogP contribution in [-0.2, 0) is 16.1 Å². The number of hydrogen-bond acceptors (Lipinski definition) is 5. The van der Waals surface area contributed by atoms with E-state index in [0.717, 1.165) is 5.56 Å². The van der Waals surface area contributed by atoms with Gasteiger partial charge in [-0.25, -0.2) is 9.59 Å². The molecule has 1 amide bonds. The molecular weight excluding hydrogens is 516 g/mol. The molecule has 0 spiro atoms. The van der Waals surface area contributed by atoms with Crippen LogP contribution in [0.4, 0.5) is 4.79 Å². The summed E-state index contributed by atoms with van der Waals surface area (Å²) in [6, 6.07) is 8.11. The van der Waals surface area contributed by atoms with Crippen molar-refractivity contribution in [1.29, 1.82) is 0 Å². The van der Waals surface area contributed by atoms with Gasteiger partial charge in [0.15, 0.2) is 5.75 Å². The highest BCUT2D eigenvalue weighted by atomic mass is 35.5. The van der Waals surface area contributed by atoms with E-state index in [0.29, 0.717) is 5.75 Å². The van der Waals surface area contributed by atoms with Gasteiger partial charge in [0.25, 0.3) is 0 Å². The minimum atomic E-state index is -1.01. The molecule has 1 N–H and O–H groups in total. The van der Waals surface area contributed by atoms with Crippen molar-refractivity contribution in [3.8, 4) is 5.75 Å². The average Bonchev–Trinajstić information content (AvgIpc) is 2.75. The van der Waals surface area contributed by atoms with Crippen molar-refractivity contribution in [2.24, 2.45) is 0 Å². The molecule has 0 fully saturated rings. The van der Waals surface area contributed by atoms with E-state index in [-0.39, 0.29) is 43.9 Å². The van der Waals surface area contributed by atoms with Gasteiger partial charge in [0.05, 0.1) is 15.1 Å². The highest BCUT2D eigenvalue weighted by Gasteiger charge is 2.28. The molecule has 2 aromatic carbocycles. The van der Waals surface area contributed by atoms with Crippen LogP contribution in [0.1, 0.15) is 12.0 Å². The Morgan fingerprint density at radius 2 is 1.53 bits per heavy atom. The van der Waals surface area contributed by atoms with Crippen LogP contribution in [0.25, 0.3) is 0 Å². The van der Waals surface area contributed by atoms with Gasteiger partial charge in [-0.1, -0.05) is 88.3 Å². The Balaban J connectivity index is 2.11. The number of nitrogens with one attached hydrogen (secondary N) is 1. The molecule has 2 rings (SSSR count). The lowest BCUT2D eigenvalue weighted by Crippen LogP contribution is -2.43. The van der Waals surface area contributed by atoms with E-state index in [1.165, 1.54) is 11.8 Å². The zero-order chi connectivity index (χ0) is 22.3. The lowest BCUT2D eigenvalue weighted by Gasteiger charge is -2.19. The van der Waals surface area contributed by atoms with Crippen LogP contribution in [0.5, 0.6) is 5.75 Å². The summed E-state index contributed by atoms with van der Waals surface area (Å²) in [5.41, 5.74) is 0.805. The fourth-order valence-corrected chi connectivity index (χ4v) is 3.91. The van der Waals surface area contributed by atoms with Crippen molar-refractivity contribution >= 4 is 81.8 Å². The van der Waals surface area contributed by atoms with Crippen molar-refractivity contribution in [2.75, 3.05) is 12.0 Å². The van der Waals surface area contributed by atoms with Crippen LogP contribution in [0.2, 0.25) is 25.1 Å². The standard InChI is InChI=1S/C19H16Cl5NO4S/c1-30-8-7-11(25-19(27)28-9-10-5-3-2-4-6-10)18(26)29-17-15(23)13(21)12(20)14(22)16(17)24/h2-6,11H,7-9H2,1H3,(H,25,27). The van der Waals surface area contributed by atoms with Crippen LogP contribution >= 0.6 is 69.8 Å². The molecule has 162 valence electrons. The molecule has 1 atom stereocenters. The number of halogens is 5. The molecule has 0 saturated heterocycles. The van der Waals surface area contributed by atoms with Crippen molar-refractivity contribution in [3.05, 3.63) is 61.0 Å². The first-order valence-electron chi connectivity index (χ1n) is 8.45. The van der Waals surface area contributed by atoms with Crippen LogP contribution in [-0.4, -0.2) is 30.1 Å². The summed E-state index contributed by atoms with van der Waals surface area (Å²) in [6.07, 6.45) is 1.37. The number of carbonyl (C=O) groups is 2. The monoisotopic (exact) mass is 529 g/mol. The Hall–Kier alpha value is -1.02. The molecule has 0 bridgehead atoms. The summed E-state index contributed by atoms with van der Waals surface area (Å²) in [5.74, 6) is -0.474. The third kappa shape index (κ3) is 6.74. The third-order valence-corrected chi connectivity index (χ3v) is 6.66. The molecule has 0 radical (unpaired) electrons. The van der Waals surface area contributed by atoms with Gasteiger partial charge >= 0.3 is 12.1 Å². The number of hydrogen-bond donors (Lipinski definition) is 1. The fourth-order valence-electron chi connectivity index (χ4n) is 2.24. The van der Waals surface area contributed by atoms with Crippen molar-refractivity contribution in [2.45, 2.75) is 19.1 Å². The summed E-state index contributed by atoms with van der Waals surface area (Å²) in [7, 11) is 0. The molecule has 5 nitrogen and oxygen atoms in total. The van der Waals surface area contributed by atoms with Gasteiger partial charge in [-0.3, -0.25) is 0 Å². The van der Waals surface area contributed by atoms with E-state index in [2.05, 4.69) is 5.32 Å². The Morgan fingerprint density at radius 3 is 2.10 bits per heavy atom. The lowest BCUT2D eigenvalue weighted by molar-refractivity contribution is -0.136. The van der Waals surface area contributed by atoms with E-state index in [1.54, 1.807) is 0 Å². The maximum Gasteiger partial charge on any atom is 0.408 e. The van der Waals surface area contributed by atoms with E-state index < -0.39 is 18.1 Å². The normalized spacial score (nSPS) is 11.7. The van der Waals surface area contributed by atoms with E-state index in [1.807, 2.05) is 36.6 Å². The summed E-state index contributed by atoms with van der Waals surface area (Å²) in [6.45, 7) is 0.0526. The summed E-state index contributed by atoms with van der Waals surface area (Å²) >= 11 is 31.6. The van der Waals surface area contributed by atoms with Gasteiger partial charge < -0.3 is 14.8 Å². The van der Waals surface area contributed by atoms with E-state index >= 15 is 0 Å². The number of ether oxygens (including phenoxy) is 2. The predicted molar refractivity (Wildman–Crippen MR) is 124 cm³/mol. The second-order valence-electron chi connectivity index (χ2n) is 5.86. The van der Waals surface area contributed by atoms with Crippen LogP contribution in [0, 0.1) is 0 Å². The average molecular weight is 532 g/mol. The Labute approximate surface area is 203 Å². The maximum atomic E-state index is 12.7. The zero-order valence-electron chi connectivity index (χ0n) is 15.5. The molecule has 1 unspecified atom stereocenters. The first-order valence-corrected chi connectivity index (χ1v) is 11.7. The maximum absolute atomic E-state index is 12.7. The second-order valence-corrected chi connectivity index (χ2v) is 8.74. The Bertz CT molecular complexity index is 885. The number of rotatable bonds is 8. The highest BCUT2D eigenvalue weighted by molar-refractivity contribution is 7.98.